The van der Waals surface area contributed by atoms with Crippen LogP contribution in [0.1, 0.15) is 30.5 Å². The highest BCUT2D eigenvalue weighted by atomic mass is 19.1. The zero-order valence-corrected chi connectivity index (χ0v) is 18.0. The van der Waals surface area contributed by atoms with Crippen molar-refractivity contribution in [3.8, 4) is 5.75 Å². The Morgan fingerprint density at radius 1 is 1.10 bits per heavy atom. The molecule has 0 aliphatic carbocycles. The van der Waals surface area contributed by atoms with Crippen molar-refractivity contribution in [2.24, 2.45) is 0 Å². The topological polar surface area (TPSA) is 74.1 Å². The van der Waals surface area contributed by atoms with Gasteiger partial charge in [-0.25, -0.2) is 4.39 Å². The lowest BCUT2D eigenvalue weighted by Gasteiger charge is -2.27. The van der Waals surface area contributed by atoms with Crippen molar-refractivity contribution < 1.29 is 28.7 Å². The first-order valence-corrected chi connectivity index (χ1v) is 10.4. The average Bonchev–Trinajstić information content (AvgIpc) is 3.01. The monoisotopic (exact) mass is 426 g/mol. The minimum atomic E-state index is -0.844. The molecule has 1 fully saturated rings. The van der Waals surface area contributed by atoms with Gasteiger partial charge in [-0.15, -0.1) is 0 Å². The minimum Gasteiger partial charge on any atom is -0.872 e. The number of Topliss-reactive ketones (excluding diaryl/α,β-unsaturated/α-hetero) is 1. The molecule has 1 saturated heterocycles. The van der Waals surface area contributed by atoms with E-state index in [0.29, 0.717) is 36.6 Å². The number of hydrogen-bond acceptors (Lipinski definition) is 4. The Hall–Kier alpha value is -3.19. The van der Waals surface area contributed by atoms with Crippen molar-refractivity contribution in [2.45, 2.75) is 19.4 Å². The predicted octanol–water partition coefficient (Wildman–Crippen LogP) is 0.983. The molecule has 1 atom stereocenters. The van der Waals surface area contributed by atoms with Crippen molar-refractivity contribution >= 4 is 17.4 Å². The van der Waals surface area contributed by atoms with E-state index in [9.17, 15) is 19.1 Å². The number of rotatable bonds is 8. The normalized spacial score (nSPS) is 18.1. The van der Waals surface area contributed by atoms with Crippen LogP contribution in [0.15, 0.2) is 54.1 Å². The summed E-state index contributed by atoms with van der Waals surface area (Å²) in [6, 6.07) is 11.2. The number of ether oxygens (including phenoxy) is 1. The second-order valence-corrected chi connectivity index (χ2v) is 7.85. The van der Waals surface area contributed by atoms with Crippen LogP contribution in [-0.4, -0.2) is 50.4 Å². The van der Waals surface area contributed by atoms with Crippen molar-refractivity contribution in [1.29, 1.82) is 0 Å². The molecule has 1 aliphatic rings. The fourth-order valence-electron chi connectivity index (χ4n) is 3.51. The largest absolute Gasteiger partial charge is 0.872 e. The molecule has 6 nitrogen and oxygen atoms in total. The second-order valence-electron chi connectivity index (χ2n) is 7.85. The number of amides is 1. The standard InChI is InChI=1S/C24H27FN2O4/c1-4-15-31-19-11-7-17(8-12-19)22(28)20-21(16-5-9-18(25)10-6-16)27(14-13-26(2)3)24(30)23(20)29/h5-12,21,28H,4,13-15H2,1-3H3/b22-20+. The van der Waals surface area contributed by atoms with Gasteiger partial charge in [0.1, 0.15) is 11.6 Å². The molecule has 0 spiro atoms. The Balaban J connectivity index is 2.04. The highest BCUT2D eigenvalue weighted by Crippen LogP contribution is 2.38. The van der Waals surface area contributed by atoms with E-state index in [1.54, 1.807) is 24.3 Å². The molecule has 1 aliphatic heterocycles. The summed E-state index contributed by atoms with van der Waals surface area (Å²) in [7, 11) is 3.88. The maximum atomic E-state index is 13.5. The smallest absolute Gasteiger partial charge is 0.295 e. The Morgan fingerprint density at radius 2 is 1.74 bits per heavy atom. The first kappa shape index (κ1) is 22.5. The van der Waals surface area contributed by atoms with Crippen LogP contribution in [0, 0.1) is 5.82 Å². The number of ketones is 1. The number of carbonyl (C=O) groups is 2. The van der Waals surface area contributed by atoms with E-state index in [0.717, 1.165) is 11.3 Å². The summed E-state index contributed by atoms with van der Waals surface area (Å²) < 4.78 is 19.0. The maximum absolute atomic E-state index is 13.5. The molecule has 164 valence electrons. The molecule has 1 heterocycles. The molecule has 0 aromatic heterocycles. The lowest BCUT2D eigenvalue weighted by Crippen LogP contribution is -3.06. The summed E-state index contributed by atoms with van der Waals surface area (Å²) in [5, 5.41) is 13.3. The van der Waals surface area contributed by atoms with Crippen LogP contribution in [0.5, 0.6) is 5.75 Å². The number of quaternary nitrogens is 1. The van der Waals surface area contributed by atoms with E-state index >= 15 is 0 Å². The van der Waals surface area contributed by atoms with E-state index in [1.165, 1.54) is 29.2 Å². The van der Waals surface area contributed by atoms with Gasteiger partial charge in [-0.1, -0.05) is 36.9 Å². The molecule has 3 rings (SSSR count). The molecular formula is C24H27FN2O4. The van der Waals surface area contributed by atoms with Gasteiger partial charge < -0.3 is 19.6 Å². The first-order valence-electron chi connectivity index (χ1n) is 10.4. The van der Waals surface area contributed by atoms with Crippen LogP contribution in [0.3, 0.4) is 0 Å². The lowest BCUT2D eigenvalue weighted by molar-refractivity contribution is -0.857. The maximum Gasteiger partial charge on any atom is 0.295 e. The van der Waals surface area contributed by atoms with Crippen molar-refractivity contribution in [3.05, 3.63) is 71.0 Å². The first-order chi connectivity index (χ1) is 14.8. The third kappa shape index (κ3) is 4.94. The van der Waals surface area contributed by atoms with Crippen LogP contribution in [0.25, 0.3) is 5.76 Å². The summed E-state index contributed by atoms with van der Waals surface area (Å²) in [4.78, 5) is 28.2. The molecule has 1 amide bonds. The number of halogens is 1. The number of likely N-dealkylation sites (tertiary alicyclic amines) is 1. The van der Waals surface area contributed by atoms with Crippen molar-refractivity contribution in [2.75, 3.05) is 33.8 Å². The molecule has 0 radical (unpaired) electrons. The number of nitrogens with zero attached hydrogens (tertiary/aromatic N) is 1. The number of hydrogen-bond donors (Lipinski definition) is 1. The quantitative estimate of drug-likeness (QED) is 0.388. The molecular weight excluding hydrogens is 399 g/mol. The van der Waals surface area contributed by atoms with E-state index in [-0.39, 0.29) is 5.57 Å². The Labute approximate surface area is 181 Å². The van der Waals surface area contributed by atoms with Gasteiger partial charge in [0.25, 0.3) is 5.91 Å². The van der Waals surface area contributed by atoms with Crippen molar-refractivity contribution in [1.82, 2.24) is 4.90 Å². The van der Waals surface area contributed by atoms with Gasteiger partial charge in [-0.05, 0) is 41.8 Å². The number of benzene rings is 2. The average molecular weight is 426 g/mol. The van der Waals surface area contributed by atoms with Gasteiger partial charge >= 0.3 is 0 Å². The molecule has 31 heavy (non-hydrogen) atoms. The third-order valence-corrected chi connectivity index (χ3v) is 5.16. The fourth-order valence-corrected chi connectivity index (χ4v) is 3.51. The van der Waals surface area contributed by atoms with Crippen molar-refractivity contribution in [3.63, 3.8) is 0 Å². The third-order valence-electron chi connectivity index (χ3n) is 5.16. The fraction of sp³-hybridized carbons (Fsp3) is 0.333. The van der Waals surface area contributed by atoms with Gasteiger partial charge in [0.15, 0.2) is 0 Å². The Bertz CT molecular complexity index is 968. The zero-order chi connectivity index (χ0) is 22.5. The van der Waals surface area contributed by atoms with E-state index < -0.39 is 29.3 Å². The summed E-state index contributed by atoms with van der Waals surface area (Å²) in [6.45, 7) is 3.46. The Morgan fingerprint density at radius 3 is 2.32 bits per heavy atom. The highest BCUT2D eigenvalue weighted by molar-refractivity contribution is 6.46. The van der Waals surface area contributed by atoms with Crippen LogP contribution < -0.4 is 14.7 Å². The number of carbonyl (C=O) groups excluding carboxylic acids is 2. The molecule has 1 N–H and O–H groups in total. The van der Waals surface area contributed by atoms with Crippen LogP contribution >= 0.6 is 0 Å². The van der Waals surface area contributed by atoms with Gasteiger partial charge in [-0.3, -0.25) is 9.59 Å². The molecule has 0 saturated carbocycles. The summed E-state index contributed by atoms with van der Waals surface area (Å²) >= 11 is 0. The molecule has 1 unspecified atom stereocenters. The van der Waals surface area contributed by atoms with Gasteiger partial charge in [0, 0.05) is 5.57 Å². The van der Waals surface area contributed by atoms with Gasteiger partial charge in [0.05, 0.1) is 39.8 Å². The molecule has 2 aromatic rings. The molecule has 7 heteroatoms. The highest BCUT2D eigenvalue weighted by Gasteiger charge is 2.44. The SMILES string of the molecule is CCCOc1ccc(/C([O-])=C2\C(=O)C(=O)N(CC[NH+](C)C)C2c2ccc(F)cc2)cc1. The van der Waals surface area contributed by atoms with Crippen LogP contribution in [0.2, 0.25) is 0 Å². The number of likely N-dealkylation sites (N-methyl/N-ethyl adjacent to an activating group) is 1. The van der Waals surface area contributed by atoms with Gasteiger partial charge in [-0.2, -0.15) is 0 Å². The van der Waals surface area contributed by atoms with Crippen LogP contribution in [-0.2, 0) is 9.59 Å². The number of nitrogens with one attached hydrogen (secondary N) is 1. The van der Waals surface area contributed by atoms with E-state index in [4.69, 9.17) is 4.74 Å². The zero-order valence-electron chi connectivity index (χ0n) is 18.0. The summed E-state index contributed by atoms with van der Waals surface area (Å²) in [5.41, 5.74) is 0.723. The summed E-state index contributed by atoms with van der Waals surface area (Å²) in [6.07, 6.45) is 0.860. The predicted molar refractivity (Wildman–Crippen MR) is 113 cm³/mol. The Kier molecular flexibility index (Phi) is 7.07. The van der Waals surface area contributed by atoms with E-state index in [2.05, 4.69) is 0 Å². The van der Waals surface area contributed by atoms with E-state index in [1.807, 2.05) is 21.0 Å². The second kappa shape index (κ2) is 9.75. The molecule has 2 aromatic carbocycles. The summed E-state index contributed by atoms with van der Waals surface area (Å²) in [5.74, 6) is -1.82. The lowest BCUT2D eigenvalue weighted by atomic mass is 9.95. The van der Waals surface area contributed by atoms with Crippen LogP contribution in [0.4, 0.5) is 4.39 Å². The minimum absolute atomic E-state index is 0.104. The molecule has 0 bridgehead atoms. The van der Waals surface area contributed by atoms with Gasteiger partial charge in [0.2, 0.25) is 5.78 Å².